The van der Waals surface area contributed by atoms with Crippen LogP contribution in [0.15, 0.2) is 30.3 Å². The average molecular weight is 286 g/mol. The standard InChI is InChI=1S/C19H30N2/c1-15(2)19-12-20-18(11-16-7-4-3-5-8-16)14-21(19)13-17-9-6-10-17/h3-5,7-8,15,17-20H,6,9-14H2,1-2H3. The Bertz CT molecular complexity index is 424. The van der Waals surface area contributed by atoms with Crippen LogP contribution in [0.2, 0.25) is 0 Å². The Hall–Kier alpha value is -0.860. The highest BCUT2D eigenvalue weighted by Crippen LogP contribution is 2.29. The van der Waals surface area contributed by atoms with Crippen molar-refractivity contribution in [1.82, 2.24) is 10.2 Å². The molecule has 1 aliphatic carbocycles. The number of nitrogens with zero attached hydrogens (tertiary/aromatic N) is 1. The summed E-state index contributed by atoms with van der Waals surface area (Å²) in [5, 5.41) is 3.80. The molecule has 0 radical (unpaired) electrons. The Balaban J connectivity index is 1.60. The molecule has 2 unspecified atom stereocenters. The molecule has 0 bridgehead atoms. The van der Waals surface area contributed by atoms with Gasteiger partial charge in [-0.1, -0.05) is 50.6 Å². The number of piperazine rings is 1. The second kappa shape index (κ2) is 6.93. The zero-order valence-electron chi connectivity index (χ0n) is 13.6. The molecule has 1 N–H and O–H groups in total. The van der Waals surface area contributed by atoms with Crippen LogP contribution in [-0.2, 0) is 6.42 Å². The summed E-state index contributed by atoms with van der Waals surface area (Å²) in [6.07, 6.45) is 5.53. The van der Waals surface area contributed by atoms with Crippen molar-refractivity contribution in [2.45, 2.75) is 51.6 Å². The maximum atomic E-state index is 3.80. The maximum Gasteiger partial charge on any atom is 0.0244 e. The van der Waals surface area contributed by atoms with Gasteiger partial charge in [0.05, 0.1) is 0 Å². The van der Waals surface area contributed by atoms with Crippen molar-refractivity contribution in [3.63, 3.8) is 0 Å². The third kappa shape index (κ3) is 3.87. The Kier molecular flexibility index (Phi) is 4.97. The van der Waals surface area contributed by atoms with E-state index in [-0.39, 0.29) is 0 Å². The first kappa shape index (κ1) is 15.1. The molecule has 0 amide bonds. The summed E-state index contributed by atoms with van der Waals surface area (Å²) in [5.41, 5.74) is 1.46. The molecule has 3 rings (SSSR count). The van der Waals surface area contributed by atoms with Gasteiger partial charge >= 0.3 is 0 Å². The van der Waals surface area contributed by atoms with Gasteiger partial charge in [0.25, 0.3) is 0 Å². The molecule has 1 saturated carbocycles. The van der Waals surface area contributed by atoms with Crippen molar-refractivity contribution in [3.05, 3.63) is 35.9 Å². The van der Waals surface area contributed by atoms with E-state index >= 15 is 0 Å². The van der Waals surface area contributed by atoms with Crippen LogP contribution in [0.5, 0.6) is 0 Å². The van der Waals surface area contributed by atoms with Gasteiger partial charge in [0.1, 0.15) is 0 Å². The molecule has 0 aromatic heterocycles. The van der Waals surface area contributed by atoms with Crippen LogP contribution < -0.4 is 5.32 Å². The fraction of sp³-hybridized carbons (Fsp3) is 0.684. The van der Waals surface area contributed by atoms with Crippen molar-refractivity contribution in [2.75, 3.05) is 19.6 Å². The van der Waals surface area contributed by atoms with Gasteiger partial charge in [0.2, 0.25) is 0 Å². The zero-order valence-corrected chi connectivity index (χ0v) is 13.6. The van der Waals surface area contributed by atoms with Crippen molar-refractivity contribution >= 4 is 0 Å². The molecule has 1 aromatic rings. The molecule has 2 aliphatic rings. The van der Waals surface area contributed by atoms with Gasteiger partial charge in [-0.25, -0.2) is 0 Å². The number of hydrogen-bond acceptors (Lipinski definition) is 2. The number of nitrogens with one attached hydrogen (secondary N) is 1. The van der Waals surface area contributed by atoms with E-state index in [4.69, 9.17) is 0 Å². The SMILES string of the molecule is CC(C)C1CNC(Cc2ccccc2)CN1CC1CCC1. The van der Waals surface area contributed by atoms with E-state index < -0.39 is 0 Å². The van der Waals surface area contributed by atoms with Crippen LogP contribution in [0.1, 0.15) is 38.7 Å². The predicted molar refractivity (Wildman–Crippen MR) is 89.5 cm³/mol. The smallest absolute Gasteiger partial charge is 0.0244 e. The lowest BCUT2D eigenvalue weighted by Crippen LogP contribution is -2.59. The van der Waals surface area contributed by atoms with Gasteiger partial charge in [-0.05, 0) is 36.7 Å². The van der Waals surface area contributed by atoms with E-state index in [1.54, 1.807) is 0 Å². The Labute approximate surface area is 129 Å². The Morgan fingerprint density at radius 2 is 1.95 bits per heavy atom. The molecule has 2 heteroatoms. The van der Waals surface area contributed by atoms with Gasteiger partial charge in [0.15, 0.2) is 0 Å². The summed E-state index contributed by atoms with van der Waals surface area (Å²) >= 11 is 0. The van der Waals surface area contributed by atoms with Crippen molar-refractivity contribution in [3.8, 4) is 0 Å². The van der Waals surface area contributed by atoms with Crippen LogP contribution >= 0.6 is 0 Å². The molecule has 0 spiro atoms. The molecule has 1 heterocycles. The van der Waals surface area contributed by atoms with E-state index in [9.17, 15) is 0 Å². The largest absolute Gasteiger partial charge is 0.311 e. The summed E-state index contributed by atoms with van der Waals surface area (Å²) in [6, 6.07) is 12.3. The first-order valence-electron chi connectivity index (χ1n) is 8.73. The third-order valence-corrected chi connectivity index (χ3v) is 5.35. The lowest BCUT2D eigenvalue weighted by Gasteiger charge is -2.45. The molecular formula is C19H30N2. The van der Waals surface area contributed by atoms with Gasteiger partial charge < -0.3 is 5.32 Å². The molecule has 116 valence electrons. The van der Waals surface area contributed by atoms with Gasteiger partial charge in [0, 0.05) is 31.7 Å². The second-order valence-corrected chi connectivity index (χ2v) is 7.36. The summed E-state index contributed by atoms with van der Waals surface area (Å²) in [4.78, 5) is 2.79. The van der Waals surface area contributed by atoms with Crippen LogP contribution in [0, 0.1) is 11.8 Å². The molecule has 2 atom stereocenters. The third-order valence-electron chi connectivity index (χ3n) is 5.35. The van der Waals surface area contributed by atoms with Crippen molar-refractivity contribution in [1.29, 1.82) is 0 Å². The molecule has 2 nitrogen and oxygen atoms in total. The predicted octanol–water partition coefficient (Wildman–Crippen LogP) is 3.33. The Morgan fingerprint density at radius 3 is 2.57 bits per heavy atom. The molecule has 2 fully saturated rings. The van der Waals surface area contributed by atoms with E-state index in [2.05, 4.69) is 54.4 Å². The Morgan fingerprint density at radius 1 is 1.19 bits per heavy atom. The molecule has 21 heavy (non-hydrogen) atoms. The highest BCUT2D eigenvalue weighted by atomic mass is 15.2. The minimum atomic E-state index is 0.613. The number of rotatable bonds is 5. The van der Waals surface area contributed by atoms with Crippen LogP contribution in [-0.4, -0.2) is 36.6 Å². The van der Waals surface area contributed by atoms with E-state index in [0.29, 0.717) is 6.04 Å². The first-order valence-corrected chi connectivity index (χ1v) is 8.73. The lowest BCUT2D eigenvalue weighted by molar-refractivity contribution is 0.0652. The number of benzene rings is 1. The van der Waals surface area contributed by atoms with E-state index in [1.165, 1.54) is 37.9 Å². The number of hydrogen-bond donors (Lipinski definition) is 1. The van der Waals surface area contributed by atoms with E-state index in [0.717, 1.165) is 30.8 Å². The summed E-state index contributed by atoms with van der Waals surface area (Å²) in [6.45, 7) is 8.45. The normalized spacial score (nSPS) is 27.8. The second-order valence-electron chi connectivity index (χ2n) is 7.36. The van der Waals surface area contributed by atoms with Gasteiger partial charge in [-0.2, -0.15) is 0 Å². The maximum absolute atomic E-state index is 3.80. The average Bonchev–Trinajstić information content (AvgIpc) is 2.44. The lowest BCUT2D eigenvalue weighted by atomic mass is 9.83. The fourth-order valence-corrected chi connectivity index (χ4v) is 3.81. The monoisotopic (exact) mass is 286 g/mol. The van der Waals surface area contributed by atoms with E-state index in [1.807, 2.05) is 0 Å². The minimum absolute atomic E-state index is 0.613. The van der Waals surface area contributed by atoms with Gasteiger partial charge in [-0.3, -0.25) is 4.90 Å². The highest BCUT2D eigenvalue weighted by molar-refractivity contribution is 5.16. The zero-order chi connectivity index (χ0) is 14.7. The fourth-order valence-electron chi connectivity index (χ4n) is 3.81. The summed E-state index contributed by atoms with van der Waals surface area (Å²) in [7, 11) is 0. The molecule has 1 aliphatic heterocycles. The van der Waals surface area contributed by atoms with Crippen LogP contribution in [0.3, 0.4) is 0 Å². The quantitative estimate of drug-likeness (QED) is 0.893. The summed E-state index contributed by atoms with van der Waals surface area (Å²) < 4.78 is 0. The van der Waals surface area contributed by atoms with Crippen molar-refractivity contribution in [2.24, 2.45) is 11.8 Å². The van der Waals surface area contributed by atoms with Crippen molar-refractivity contribution < 1.29 is 0 Å². The molecular weight excluding hydrogens is 256 g/mol. The summed E-state index contributed by atoms with van der Waals surface area (Å²) in [5.74, 6) is 1.72. The first-order chi connectivity index (χ1) is 10.2. The minimum Gasteiger partial charge on any atom is -0.311 e. The molecule has 1 saturated heterocycles. The topological polar surface area (TPSA) is 15.3 Å². The highest BCUT2D eigenvalue weighted by Gasteiger charge is 2.32. The molecule has 1 aromatic carbocycles. The van der Waals surface area contributed by atoms with Gasteiger partial charge in [-0.15, -0.1) is 0 Å². The van der Waals surface area contributed by atoms with Crippen LogP contribution in [0.4, 0.5) is 0 Å². The van der Waals surface area contributed by atoms with Crippen LogP contribution in [0.25, 0.3) is 0 Å².